The van der Waals surface area contributed by atoms with Gasteiger partial charge in [0.25, 0.3) is 0 Å². The van der Waals surface area contributed by atoms with Gasteiger partial charge < -0.3 is 9.47 Å². The van der Waals surface area contributed by atoms with Crippen molar-refractivity contribution in [1.29, 1.82) is 0 Å². The Labute approximate surface area is 115 Å². The van der Waals surface area contributed by atoms with Crippen molar-refractivity contribution in [2.45, 2.75) is 40.2 Å². The molecule has 1 aromatic carbocycles. The first-order valence-electron chi connectivity index (χ1n) is 6.46. The van der Waals surface area contributed by atoms with Gasteiger partial charge in [-0.2, -0.15) is 0 Å². The summed E-state index contributed by atoms with van der Waals surface area (Å²) in [6.45, 7) is 10.1. The summed E-state index contributed by atoms with van der Waals surface area (Å²) in [7, 11) is 0. The van der Waals surface area contributed by atoms with E-state index in [1.165, 1.54) is 6.08 Å². The molecule has 0 radical (unpaired) electrons. The normalized spacial score (nSPS) is 11.6. The minimum atomic E-state index is -0.462. The van der Waals surface area contributed by atoms with Crippen LogP contribution in [0.15, 0.2) is 24.3 Å². The van der Waals surface area contributed by atoms with E-state index in [-0.39, 0.29) is 5.97 Å². The Hall–Kier alpha value is -1.77. The largest absolute Gasteiger partial charge is 0.494 e. The smallest absolute Gasteiger partial charge is 0.331 e. The summed E-state index contributed by atoms with van der Waals surface area (Å²) in [4.78, 5) is 11.6. The second-order valence-corrected chi connectivity index (χ2v) is 5.32. The van der Waals surface area contributed by atoms with Crippen LogP contribution < -0.4 is 4.74 Å². The molecular formula is C16H22O3. The highest BCUT2D eigenvalue weighted by Gasteiger charge is 2.13. The first-order valence-corrected chi connectivity index (χ1v) is 6.46. The van der Waals surface area contributed by atoms with E-state index in [0.29, 0.717) is 6.61 Å². The zero-order valence-electron chi connectivity index (χ0n) is 12.3. The first kappa shape index (κ1) is 15.3. The molecule has 0 spiro atoms. The summed E-state index contributed by atoms with van der Waals surface area (Å²) in [5.74, 6) is 0.538. The molecule has 0 amide bonds. The van der Waals surface area contributed by atoms with Gasteiger partial charge in [-0.05, 0) is 64.0 Å². The monoisotopic (exact) mass is 262 g/mol. The Kier molecular flexibility index (Phi) is 5.16. The van der Waals surface area contributed by atoms with Crippen molar-refractivity contribution in [1.82, 2.24) is 0 Å². The summed E-state index contributed by atoms with van der Waals surface area (Å²) in [6, 6.07) is 5.80. The maximum atomic E-state index is 11.6. The lowest BCUT2D eigenvalue weighted by Gasteiger charge is -2.17. The molecule has 3 heteroatoms. The quantitative estimate of drug-likeness (QED) is 0.612. The van der Waals surface area contributed by atoms with Crippen molar-refractivity contribution >= 4 is 12.0 Å². The number of benzene rings is 1. The number of hydrogen-bond acceptors (Lipinski definition) is 3. The summed E-state index contributed by atoms with van der Waals surface area (Å²) in [5.41, 5.74) is 1.54. The van der Waals surface area contributed by atoms with Crippen LogP contribution in [0.2, 0.25) is 0 Å². The van der Waals surface area contributed by atoms with Crippen LogP contribution in [0, 0.1) is 6.92 Å². The number of carbonyl (C=O) groups is 1. The Balaban J connectivity index is 2.72. The molecular weight excluding hydrogens is 240 g/mol. The van der Waals surface area contributed by atoms with Gasteiger partial charge in [0.2, 0.25) is 0 Å². The van der Waals surface area contributed by atoms with E-state index in [1.54, 1.807) is 6.08 Å². The molecule has 0 bridgehead atoms. The van der Waals surface area contributed by atoms with E-state index >= 15 is 0 Å². The fourth-order valence-corrected chi connectivity index (χ4v) is 1.59. The highest BCUT2D eigenvalue weighted by atomic mass is 16.6. The maximum absolute atomic E-state index is 11.6. The molecule has 3 nitrogen and oxygen atoms in total. The van der Waals surface area contributed by atoms with Crippen molar-refractivity contribution in [2.24, 2.45) is 0 Å². The van der Waals surface area contributed by atoms with Gasteiger partial charge in [0, 0.05) is 6.08 Å². The van der Waals surface area contributed by atoms with Gasteiger partial charge in [-0.1, -0.05) is 6.07 Å². The lowest BCUT2D eigenvalue weighted by molar-refractivity contribution is -0.148. The molecule has 0 atom stereocenters. The third-order valence-electron chi connectivity index (χ3n) is 2.32. The van der Waals surface area contributed by atoms with E-state index in [1.807, 2.05) is 52.8 Å². The van der Waals surface area contributed by atoms with E-state index in [4.69, 9.17) is 9.47 Å². The number of esters is 1. The average Bonchev–Trinajstić information content (AvgIpc) is 2.27. The Morgan fingerprint density at radius 3 is 2.53 bits per heavy atom. The standard InChI is InChI=1S/C16H22O3/c1-6-18-14-9-7-13(11-12(14)2)8-10-15(17)19-16(3,4)5/h7-11H,6H2,1-5H3. The average molecular weight is 262 g/mol. The predicted octanol–water partition coefficient (Wildman–Crippen LogP) is 3.75. The van der Waals surface area contributed by atoms with Crippen LogP contribution in [0.25, 0.3) is 6.08 Å². The topological polar surface area (TPSA) is 35.5 Å². The third-order valence-corrected chi connectivity index (χ3v) is 2.32. The van der Waals surface area contributed by atoms with Crippen LogP contribution in [-0.2, 0) is 9.53 Å². The van der Waals surface area contributed by atoms with E-state index < -0.39 is 5.60 Å². The SMILES string of the molecule is CCOc1ccc(C=CC(=O)OC(C)(C)C)cc1C. The van der Waals surface area contributed by atoms with Crippen LogP contribution in [0.3, 0.4) is 0 Å². The van der Waals surface area contributed by atoms with Crippen LogP contribution in [-0.4, -0.2) is 18.2 Å². The fraction of sp³-hybridized carbons (Fsp3) is 0.438. The Morgan fingerprint density at radius 1 is 1.32 bits per heavy atom. The molecule has 0 N–H and O–H groups in total. The first-order chi connectivity index (χ1) is 8.81. The molecule has 0 aliphatic carbocycles. The molecule has 0 saturated heterocycles. The second-order valence-electron chi connectivity index (χ2n) is 5.32. The number of carbonyl (C=O) groups excluding carboxylic acids is 1. The summed E-state index contributed by atoms with van der Waals surface area (Å²) < 4.78 is 10.7. The summed E-state index contributed by atoms with van der Waals surface area (Å²) >= 11 is 0. The molecule has 0 aromatic heterocycles. The van der Waals surface area contributed by atoms with Gasteiger partial charge in [0.15, 0.2) is 0 Å². The zero-order chi connectivity index (χ0) is 14.5. The van der Waals surface area contributed by atoms with Gasteiger partial charge in [0.05, 0.1) is 6.61 Å². The minimum absolute atomic E-state index is 0.334. The van der Waals surface area contributed by atoms with Crippen LogP contribution in [0.1, 0.15) is 38.8 Å². The molecule has 0 fully saturated rings. The van der Waals surface area contributed by atoms with Crippen molar-refractivity contribution in [3.63, 3.8) is 0 Å². The van der Waals surface area contributed by atoms with E-state index in [9.17, 15) is 4.79 Å². The van der Waals surface area contributed by atoms with E-state index in [2.05, 4.69) is 0 Å². The van der Waals surface area contributed by atoms with Crippen molar-refractivity contribution in [3.8, 4) is 5.75 Å². The Morgan fingerprint density at radius 2 is 2.00 bits per heavy atom. The maximum Gasteiger partial charge on any atom is 0.331 e. The predicted molar refractivity (Wildman–Crippen MR) is 77.2 cm³/mol. The highest BCUT2D eigenvalue weighted by Crippen LogP contribution is 2.20. The lowest BCUT2D eigenvalue weighted by Crippen LogP contribution is -2.22. The number of hydrogen-bond donors (Lipinski definition) is 0. The molecule has 0 unspecified atom stereocenters. The summed E-state index contributed by atoms with van der Waals surface area (Å²) in [6.07, 6.45) is 3.19. The molecule has 1 aromatic rings. The molecule has 0 aliphatic heterocycles. The minimum Gasteiger partial charge on any atom is -0.494 e. The van der Waals surface area contributed by atoms with Gasteiger partial charge in [0.1, 0.15) is 11.4 Å². The van der Waals surface area contributed by atoms with Crippen LogP contribution >= 0.6 is 0 Å². The number of ether oxygens (including phenoxy) is 2. The molecule has 0 heterocycles. The molecule has 0 aliphatic rings. The van der Waals surface area contributed by atoms with Crippen LogP contribution in [0.5, 0.6) is 5.75 Å². The van der Waals surface area contributed by atoms with Gasteiger partial charge in [-0.15, -0.1) is 0 Å². The van der Waals surface area contributed by atoms with Gasteiger partial charge >= 0.3 is 5.97 Å². The summed E-state index contributed by atoms with van der Waals surface area (Å²) in [5, 5.41) is 0. The molecule has 1 rings (SSSR count). The van der Waals surface area contributed by atoms with Gasteiger partial charge in [-0.3, -0.25) is 0 Å². The molecule has 104 valence electrons. The highest BCUT2D eigenvalue weighted by molar-refractivity contribution is 5.87. The fourth-order valence-electron chi connectivity index (χ4n) is 1.59. The number of aryl methyl sites for hydroxylation is 1. The van der Waals surface area contributed by atoms with Crippen molar-refractivity contribution in [3.05, 3.63) is 35.4 Å². The lowest BCUT2D eigenvalue weighted by atomic mass is 10.1. The van der Waals surface area contributed by atoms with E-state index in [0.717, 1.165) is 16.9 Å². The third kappa shape index (κ3) is 5.60. The number of rotatable bonds is 4. The Bertz CT molecular complexity index is 467. The van der Waals surface area contributed by atoms with Crippen molar-refractivity contribution < 1.29 is 14.3 Å². The zero-order valence-corrected chi connectivity index (χ0v) is 12.3. The van der Waals surface area contributed by atoms with Crippen molar-refractivity contribution in [2.75, 3.05) is 6.61 Å². The molecule has 19 heavy (non-hydrogen) atoms. The van der Waals surface area contributed by atoms with Crippen LogP contribution in [0.4, 0.5) is 0 Å². The second kappa shape index (κ2) is 6.41. The van der Waals surface area contributed by atoms with Gasteiger partial charge in [-0.25, -0.2) is 4.79 Å². The molecule has 0 saturated carbocycles.